The number of aromatic amines is 1. The van der Waals surface area contributed by atoms with Gasteiger partial charge in [-0.3, -0.25) is 4.79 Å². The van der Waals surface area contributed by atoms with E-state index >= 15 is 0 Å². The number of aromatic nitrogens is 1. The highest BCUT2D eigenvalue weighted by Gasteiger charge is 2.16. The van der Waals surface area contributed by atoms with Crippen molar-refractivity contribution >= 4 is 16.8 Å². The average Bonchev–Trinajstić information content (AvgIpc) is 3.10. The van der Waals surface area contributed by atoms with Gasteiger partial charge in [0, 0.05) is 35.2 Å². The maximum Gasteiger partial charge on any atom is 0.251 e. The zero-order valence-electron chi connectivity index (χ0n) is 17.3. The number of carbonyl (C=O) groups excluding carboxylic acids is 1. The van der Waals surface area contributed by atoms with Gasteiger partial charge in [-0.1, -0.05) is 12.1 Å². The summed E-state index contributed by atoms with van der Waals surface area (Å²) in [5.41, 5.74) is 5.61. The SMILES string of the molecule is CN(C)CCOc1cccc(CNC(=O)c2ccc3[nH]c4c(c3c2)CCCC4)c1. The number of likely N-dealkylation sites (N-methyl/N-ethyl adjacent to an activating group) is 1. The molecule has 1 aliphatic rings. The van der Waals surface area contributed by atoms with Crippen LogP contribution in [0.2, 0.25) is 0 Å². The van der Waals surface area contributed by atoms with Crippen molar-refractivity contribution in [2.45, 2.75) is 32.2 Å². The lowest BCUT2D eigenvalue weighted by molar-refractivity contribution is 0.0951. The minimum Gasteiger partial charge on any atom is -0.492 e. The number of amides is 1. The van der Waals surface area contributed by atoms with E-state index in [2.05, 4.69) is 15.2 Å². The highest BCUT2D eigenvalue weighted by molar-refractivity contribution is 5.99. The van der Waals surface area contributed by atoms with Crippen molar-refractivity contribution in [3.63, 3.8) is 0 Å². The second-order valence-electron chi connectivity index (χ2n) is 8.03. The lowest BCUT2D eigenvalue weighted by atomic mass is 9.95. The van der Waals surface area contributed by atoms with E-state index < -0.39 is 0 Å². The van der Waals surface area contributed by atoms with Gasteiger partial charge in [0.15, 0.2) is 0 Å². The molecule has 5 heteroatoms. The smallest absolute Gasteiger partial charge is 0.251 e. The molecule has 0 radical (unpaired) electrons. The van der Waals surface area contributed by atoms with Crippen LogP contribution in [0.15, 0.2) is 42.5 Å². The molecule has 0 unspecified atom stereocenters. The quantitative estimate of drug-likeness (QED) is 0.642. The Balaban J connectivity index is 1.41. The van der Waals surface area contributed by atoms with E-state index in [9.17, 15) is 4.79 Å². The number of carbonyl (C=O) groups is 1. The van der Waals surface area contributed by atoms with Gasteiger partial charge < -0.3 is 19.9 Å². The number of H-pyrrole nitrogens is 1. The van der Waals surface area contributed by atoms with Crippen molar-refractivity contribution in [2.75, 3.05) is 27.2 Å². The molecule has 4 rings (SSSR count). The average molecular weight is 392 g/mol. The molecule has 0 spiro atoms. The fourth-order valence-corrected chi connectivity index (χ4v) is 3.92. The van der Waals surface area contributed by atoms with Crippen molar-refractivity contribution in [3.05, 3.63) is 64.8 Å². The number of nitrogens with one attached hydrogen (secondary N) is 2. The zero-order valence-corrected chi connectivity index (χ0v) is 17.3. The predicted molar refractivity (Wildman–Crippen MR) is 117 cm³/mol. The molecule has 2 aromatic carbocycles. The van der Waals surface area contributed by atoms with E-state index in [-0.39, 0.29) is 5.91 Å². The van der Waals surface area contributed by atoms with Gasteiger partial charge in [-0.05, 0) is 81.2 Å². The molecule has 152 valence electrons. The van der Waals surface area contributed by atoms with E-state index in [1.807, 2.05) is 56.6 Å². The Morgan fingerprint density at radius 2 is 2.00 bits per heavy atom. The summed E-state index contributed by atoms with van der Waals surface area (Å²) in [7, 11) is 4.05. The summed E-state index contributed by atoms with van der Waals surface area (Å²) in [5.74, 6) is 0.788. The van der Waals surface area contributed by atoms with Crippen molar-refractivity contribution < 1.29 is 9.53 Å². The van der Waals surface area contributed by atoms with Crippen LogP contribution in [-0.4, -0.2) is 43.0 Å². The Hall–Kier alpha value is -2.79. The fraction of sp³-hybridized carbons (Fsp3) is 0.375. The Morgan fingerprint density at radius 1 is 1.14 bits per heavy atom. The molecule has 2 N–H and O–H groups in total. The summed E-state index contributed by atoms with van der Waals surface area (Å²) in [5, 5.41) is 4.24. The molecule has 1 aliphatic carbocycles. The topological polar surface area (TPSA) is 57.4 Å². The molecule has 0 saturated heterocycles. The second kappa shape index (κ2) is 8.70. The molecule has 3 aromatic rings. The molecule has 0 atom stereocenters. The van der Waals surface area contributed by atoms with E-state index in [4.69, 9.17) is 4.74 Å². The first-order valence-corrected chi connectivity index (χ1v) is 10.4. The molecule has 0 saturated carbocycles. The first-order chi connectivity index (χ1) is 14.1. The molecular formula is C24H29N3O2. The van der Waals surface area contributed by atoms with Crippen molar-refractivity contribution in [1.29, 1.82) is 0 Å². The van der Waals surface area contributed by atoms with Crippen LogP contribution in [0.25, 0.3) is 10.9 Å². The number of benzene rings is 2. The zero-order chi connectivity index (χ0) is 20.2. The molecule has 29 heavy (non-hydrogen) atoms. The number of fused-ring (bicyclic) bond motifs is 3. The van der Waals surface area contributed by atoms with Crippen LogP contribution in [-0.2, 0) is 19.4 Å². The third-order valence-electron chi connectivity index (χ3n) is 5.52. The van der Waals surface area contributed by atoms with Gasteiger partial charge in [-0.15, -0.1) is 0 Å². The Labute approximate surface area is 172 Å². The van der Waals surface area contributed by atoms with Gasteiger partial charge in [0.1, 0.15) is 12.4 Å². The molecule has 1 amide bonds. The first-order valence-electron chi connectivity index (χ1n) is 10.4. The number of aryl methyl sites for hydroxylation is 2. The lowest BCUT2D eigenvalue weighted by Crippen LogP contribution is -2.22. The Morgan fingerprint density at radius 3 is 2.86 bits per heavy atom. The van der Waals surface area contributed by atoms with Crippen LogP contribution >= 0.6 is 0 Å². The summed E-state index contributed by atoms with van der Waals surface area (Å²) in [6.07, 6.45) is 4.67. The summed E-state index contributed by atoms with van der Waals surface area (Å²) < 4.78 is 5.78. The minimum absolute atomic E-state index is 0.0448. The van der Waals surface area contributed by atoms with Crippen LogP contribution in [0.1, 0.15) is 40.0 Å². The monoisotopic (exact) mass is 391 g/mol. The van der Waals surface area contributed by atoms with Gasteiger partial charge in [-0.25, -0.2) is 0 Å². The molecule has 5 nitrogen and oxygen atoms in total. The standard InChI is InChI=1S/C24H29N3O2/c1-27(2)12-13-29-19-7-5-6-17(14-19)16-25-24(28)18-10-11-23-21(15-18)20-8-3-4-9-22(20)26-23/h5-7,10-11,14-15,26H,3-4,8-9,12-13,16H2,1-2H3,(H,25,28). The van der Waals surface area contributed by atoms with Gasteiger partial charge in [0.2, 0.25) is 0 Å². The highest BCUT2D eigenvalue weighted by Crippen LogP contribution is 2.29. The van der Waals surface area contributed by atoms with Gasteiger partial charge in [0.25, 0.3) is 5.91 Å². The maximum absolute atomic E-state index is 12.7. The maximum atomic E-state index is 12.7. The summed E-state index contributed by atoms with van der Waals surface area (Å²) in [6, 6.07) is 13.9. The molecule has 0 bridgehead atoms. The molecule has 1 aromatic heterocycles. The van der Waals surface area contributed by atoms with Crippen molar-refractivity contribution in [1.82, 2.24) is 15.2 Å². The molecule has 0 aliphatic heterocycles. The lowest BCUT2D eigenvalue weighted by Gasteiger charge is -2.12. The summed E-state index contributed by atoms with van der Waals surface area (Å²) in [4.78, 5) is 18.3. The number of rotatable bonds is 7. The number of nitrogens with zero attached hydrogens (tertiary/aromatic N) is 1. The molecule has 1 heterocycles. The van der Waals surface area contributed by atoms with E-state index in [1.54, 1.807) is 0 Å². The molecular weight excluding hydrogens is 362 g/mol. The van der Waals surface area contributed by atoms with Crippen LogP contribution in [0.3, 0.4) is 0 Å². The van der Waals surface area contributed by atoms with E-state index in [0.29, 0.717) is 18.7 Å². The van der Waals surface area contributed by atoms with Gasteiger partial charge >= 0.3 is 0 Å². The van der Waals surface area contributed by atoms with E-state index in [0.717, 1.165) is 36.2 Å². The van der Waals surface area contributed by atoms with Crippen LogP contribution < -0.4 is 10.1 Å². The number of ether oxygens (including phenoxy) is 1. The highest BCUT2D eigenvalue weighted by atomic mass is 16.5. The normalized spacial score (nSPS) is 13.5. The number of hydrogen-bond donors (Lipinski definition) is 2. The van der Waals surface area contributed by atoms with Crippen LogP contribution in [0.5, 0.6) is 5.75 Å². The van der Waals surface area contributed by atoms with Gasteiger partial charge in [0.05, 0.1) is 0 Å². The summed E-state index contributed by atoms with van der Waals surface area (Å²) >= 11 is 0. The largest absolute Gasteiger partial charge is 0.492 e. The number of hydrogen-bond acceptors (Lipinski definition) is 3. The predicted octanol–water partition coefficient (Wildman–Crippen LogP) is 3.92. The first kappa shape index (κ1) is 19.5. The molecule has 0 fully saturated rings. The van der Waals surface area contributed by atoms with Crippen molar-refractivity contribution in [3.8, 4) is 5.75 Å². The summed E-state index contributed by atoms with van der Waals surface area (Å²) in [6.45, 7) is 1.99. The third kappa shape index (κ3) is 4.62. The second-order valence-corrected chi connectivity index (χ2v) is 8.03. The van der Waals surface area contributed by atoms with E-state index in [1.165, 1.54) is 29.5 Å². The fourth-order valence-electron chi connectivity index (χ4n) is 3.92. The van der Waals surface area contributed by atoms with Crippen molar-refractivity contribution in [2.24, 2.45) is 0 Å². The minimum atomic E-state index is -0.0448. The Kier molecular flexibility index (Phi) is 5.86. The Bertz CT molecular complexity index is 1010. The van der Waals surface area contributed by atoms with Crippen LogP contribution in [0.4, 0.5) is 0 Å². The van der Waals surface area contributed by atoms with Gasteiger partial charge in [-0.2, -0.15) is 0 Å². The third-order valence-corrected chi connectivity index (χ3v) is 5.52. The van der Waals surface area contributed by atoms with Crippen LogP contribution in [0, 0.1) is 0 Å².